The Morgan fingerprint density at radius 1 is 1.13 bits per heavy atom. The molecule has 0 radical (unpaired) electrons. The summed E-state index contributed by atoms with van der Waals surface area (Å²) in [5.41, 5.74) is 1.32. The number of hydrogen-bond donors (Lipinski definition) is 2. The number of ketones is 1. The van der Waals surface area contributed by atoms with E-state index in [1.165, 1.54) is 4.90 Å². The van der Waals surface area contributed by atoms with Gasteiger partial charge in [-0.05, 0) is 48.4 Å². The first kappa shape index (κ1) is 22.5. The molecule has 1 aromatic heterocycles. The van der Waals surface area contributed by atoms with Gasteiger partial charge in [-0.25, -0.2) is 0 Å². The van der Waals surface area contributed by atoms with Crippen molar-refractivity contribution < 1.29 is 24.3 Å². The van der Waals surface area contributed by atoms with E-state index >= 15 is 0 Å². The van der Waals surface area contributed by atoms with E-state index in [1.54, 1.807) is 53.7 Å². The van der Waals surface area contributed by atoms with E-state index in [0.717, 1.165) is 24.9 Å². The van der Waals surface area contributed by atoms with Crippen LogP contribution in [0.25, 0.3) is 5.76 Å². The number of Topliss-reactive ketones (excluding diaryl/α,β-unsaturated/α-hetero) is 1. The summed E-state index contributed by atoms with van der Waals surface area (Å²) in [6.45, 7) is 3.93. The number of aromatic nitrogens is 1. The van der Waals surface area contributed by atoms with Crippen molar-refractivity contribution in [2.75, 3.05) is 33.8 Å². The highest BCUT2D eigenvalue weighted by Gasteiger charge is 2.45. The largest absolute Gasteiger partial charge is 0.507 e. The van der Waals surface area contributed by atoms with Crippen molar-refractivity contribution in [3.63, 3.8) is 0 Å². The highest BCUT2D eigenvalue weighted by atomic mass is 16.5. The zero-order valence-electron chi connectivity index (χ0n) is 18.3. The van der Waals surface area contributed by atoms with Crippen molar-refractivity contribution in [1.29, 1.82) is 0 Å². The van der Waals surface area contributed by atoms with E-state index in [1.807, 2.05) is 21.0 Å². The van der Waals surface area contributed by atoms with Crippen LogP contribution < -0.4 is 9.64 Å². The Morgan fingerprint density at radius 3 is 2.42 bits per heavy atom. The number of ether oxygens (including phenoxy) is 1. The molecule has 0 aliphatic carbocycles. The first-order chi connectivity index (χ1) is 14.9. The predicted octanol–water partition coefficient (Wildman–Crippen LogP) is 1.83. The SMILES string of the molecule is CCCOc1ccc(C(O)=C2C(=O)C(=O)N(CCC[NH+](C)C)[C@@H]2c2ccncc2)cc1. The normalized spacial score (nSPS) is 18.1. The molecule has 7 heteroatoms. The van der Waals surface area contributed by atoms with Crippen LogP contribution in [0.2, 0.25) is 0 Å². The van der Waals surface area contributed by atoms with Gasteiger partial charge in [-0.1, -0.05) is 6.92 Å². The highest BCUT2D eigenvalue weighted by Crippen LogP contribution is 2.39. The van der Waals surface area contributed by atoms with Crippen LogP contribution in [0.15, 0.2) is 54.4 Å². The third-order valence-corrected chi connectivity index (χ3v) is 5.24. The lowest BCUT2D eigenvalue weighted by Gasteiger charge is -2.25. The molecule has 1 aromatic carbocycles. The van der Waals surface area contributed by atoms with Gasteiger partial charge in [0.25, 0.3) is 11.7 Å². The van der Waals surface area contributed by atoms with Crippen LogP contribution in [0, 0.1) is 0 Å². The fraction of sp³-hybridized carbons (Fsp3) is 0.375. The Hall–Kier alpha value is -3.19. The molecule has 0 saturated carbocycles. The molecule has 2 heterocycles. The van der Waals surface area contributed by atoms with Gasteiger partial charge in [0, 0.05) is 30.9 Å². The second-order valence-corrected chi connectivity index (χ2v) is 7.96. The summed E-state index contributed by atoms with van der Waals surface area (Å²) in [4.78, 5) is 32.7. The fourth-order valence-electron chi connectivity index (χ4n) is 3.69. The molecule has 1 atom stereocenters. The van der Waals surface area contributed by atoms with Crippen molar-refractivity contribution in [2.45, 2.75) is 25.8 Å². The number of likely N-dealkylation sites (tertiary alicyclic amines) is 1. The molecule has 0 unspecified atom stereocenters. The molecule has 1 fully saturated rings. The Labute approximate surface area is 183 Å². The van der Waals surface area contributed by atoms with Crippen LogP contribution in [0.4, 0.5) is 0 Å². The first-order valence-corrected chi connectivity index (χ1v) is 10.6. The molecule has 0 spiro atoms. The summed E-state index contributed by atoms with van der Waals surface area (Å²) in [6.07, 6.45) is 4.89. The summed E-state index contributed by atoms with van der Waals surface area (Å²) in [5.74, 6) is -0.735. The standard InChI is InChI=1S/C24H29N3O4/c1-4-16-31-19-8-6-18(7-9-19)22(28)20-21(17-10-12-25-13-11-17)27(24(30)23(20)29)15-5-14-26(2)3/h6-13,21,28H,4-5,14-16H2,1-3H3/p+1/t21-/m1/s1. The van der Waals surface area contributed by atoms with Crippen molar-refractivity contribution in [2.24, 2.45) is 0 Å². The van der Waals surface area contributed by atoms with Gasteiger partial charge in [0.2, 0.25) is 0 Å². The van der Waals surface area contributed by atoms with Crippen LogP contribution in [0.3, 0.4) is 0 Å². The predicted molar refractivity (Wildman–Crippen MR) is 118 cm³/mol. The van der Waals surface area contributed by atoms with Gasteiger partial charge in [0.1, 0.15) is 11.5 Å². The monoisotopic (exact) mass is 424 g/mol. The number of aliphatic hydroxyl groups excluding tert-OH is 1. The quantitative estimate of drug-likeness (QED) is 0.365. The minimum Gasteiger partial charge on any atom is -0.507 e. The lowest BCUT2D eigenvalue weighted by Crippen LogP contribution is -3.05. The second-order valence-electron chi connectivity index (χ2n) is 7.96. The number of amides is 1. The number of quaternary nitrogens is 1. The van der Waals surface area contributed by atoms with Gasteiger partial charge in [0.05, 0.1) is 38.9 Å². The average Bonchev–Trinajstić information content (AvgIpc) is 3.03. The number of pyridine rings is 1. The van der Waals surface area contributed by atoms with Crippen molar-refractivity contribution in [3.8, 4) is 5.75 Å². The number of carbonyl (C=O) groups is 2. The summed E-state index contributed by atoms with van der Waals surface area (Å²) >= 11 is 0. The van der Waals surface area contributed by atoms with Gasteiger partial charge < -0.3 is 19.6 Å². The van der Waals surface area contributed by atoms with Gasteiger partial charge in [0.15, 0.2) is 0 Å². The van der Waals surface area contributed by atoms with Crippen molar-refractivity contribution in [1.82, 2.24) is 9.88 Å². The third-order valence-electron chi connectivity index (χ3n) is 5.24. The molecule has 1 amide bonds. The number of rotatable bonds is 9. The van der Waals surface area contributed by atoms with Crippen LogP contribution >= 0.6 is 0 Å². The van der Waals surface area contributed by atoms with E-state index in [0.29, 0.717) is 24.5 Å². The Kier molecular flexibility index (Phi) is 7.41. The number of benzene rings is 1. The number of hydrogen-bond acceptors (Lipinski definition) is 5. The molecular formula is C24H30N3O4+. The van der Waals surface area contributed by atoms with E-state index in [-0.39, 0.29) is 11.3 Å². The van der Waals surface area contributed by atoms with Gasteiger partial charge >= 0.3 is 0 Å². The smallest absolute Gasteiger partial charge is 0.295 e. The Balaban J connectivity index is 1.99. The van der Waals surface area contributed by atoms with E-state index in [9.17, 15) is 14.7 Å². The topological polar surface area (TPSA) is 84.2 Å². The number of nitrogens with one attached hydrogen (secondary N) is 1. The fourth-order valence-corrected chi connectivity index (χ4v) is 3.69. The van der Waals surface area contributed by atoms with Crippen molar-refractivity contribution >= 4 is 17.4 Å². The first-order valence-electron chi connectivity index (χ1n) is 10.6. The molecule has 1 aliphatic rings. The number of aliphatic hydroxyl groups is 1. The third kappa shape index (κ3) is 5.11. The Morgan fingerprint density at radius 2 is 1.81 bits per heavy atom. The van der Waals surface area contributed by atoms with Crippen LogP contribution in [-0.4, -0.2) is 60.5 Å². The van der Waals surface area contributed by atoms with Gasteiger partial charge in [-0.3, -0.25) is 14.6 Å². The van der Waals surface area contributed by atoms with E-state index in [2.05, 4.69) is 4.98 Å². The molecule has 0 bridgehead atoms. The van der Waals surface area contributed by atoms with Crippen LogP contribution in [0.5, 0.6) is 5.75 Å². The molecule has 2 aromatic rings. The molecule has 7 nitrogen and oxygen atoms in total. The minimum atomic E-state index is -0.664. The molecule has 1 aliphatic heterocycles. The van der Waals surface area contributed by atoms with Crippen LogP contribution in [-0.2, 0) is 9.59 Å². The lowest BCUT2D eigenvalue weighted by atomic mass is 9.96. The second kappa shape index (κ2) is 10.2. The summed E-state index contributed by atoms with van der Waals surface area (Å²) in [5, 5.41) is 11.1. The van der Waals surface area contributed by atoms with Crippen LogP contribution in [0.1, 0.15) is 36.9 Å². The maximum absolute atomic E-state index is 13.0. The summed E-state index contributed by atoms with van der Waals surface area (Å²) in [6, 6.07) is 9.81. The zero-order valence-corrected chi connectivity index (χ0v) is 18.3. The lowest BCUT2D eigenvalue weighted by molar-refractivity contribution is -0.858. The van der Waals surface area contributed by atoms with Gasteiger partial charge in [-0.15, -0.1) is 0 Å². The molecule has 164 valence electrons. The Bertz CT molecular complexity index is 939. The van der Waals surface area contributed by atoms with E-state index in [4.69, 9.17) is 4.74 Å². The molecular weight excluding hydrogens is 394 g/mol. The average molecular weight is 425 g/mol. The molecule has 2 N–H and O–H groups in total. The minimum absolute atomic E-state index is 0.107. The number of nitrogens with zero attached hydrogens (tertiary/aromatic N) is 2. The van der Waals surface area contributed by atoms with Gasteiger partial charge in [-0.2, -0.15) is 0 Å². The molecule has 1 saturated heterocycles. The maximum atomic E-state index is 13.0. The highest BCUT2D eigenvalue weighted by molar-refractivity contribution is 6.46. The summed E-state index contributed by atoms with van der Waals surface area (Å²) in [7, 11) is 4.09. The number of carbonyl (C=O) groups excluding carboxylic acids is 2. The molecule has 3 rings (SSSR count). The summed E-state index contributed by atoms with van der Waals surface area (Å²) < 4.78 is 5.59. The van der Waals surface area contributed by atoms with E-state index < -0.39 is 17.7 Å². The van der Waals surface area contributed by atoms with Crippen molar-refractivity contribution in [3.05, 3.63) is 65.5 Å². The molecule has 31 heavy (non-hydrogen) atoms. The maximum Gasteiger partial charge on any atom is 0.295 e. The zero-order chi connectivity index (χ0) is 22.4.